The Balaban J connectivity index is 1.89. The third-order valence-electron chi connectivity index (χ3n) is 3.86. The highest BCUT2D eigenvalue weighted by Gasteiger charge is 2.35. The third kappa shape index (κ3) is 3.10. The van der Waals surface area contributed by atoms with E-state index >= 15 is 0 Å². The van der Waals surface area contributed by atoms with Gasteiger partial charge in [0.1, 0.15) is 0 Å². The zero-order chi connectivity index (χ0) is 12.4. The summed E-state index contributed by atoms with van der Waals surface area (Å²) in [5.41, 5.74) is 0. The Bertz CT molecular complexity index is 280. The number of hydrogen-bond acceptors (Lipinski definition) is 2. The van der Waals surface area contributed by atoms with Gasteiger partial charge in [-0.15, -0.1) is 0 Å². The molecule has 0 aromatic rings. The molecule has 0 aromatic heterocycles. The summed E-state index contributed by atoms with van der Waals surface area (Å²) in [6.45, 7) is 11.3. The minimum absolute atomic E-state index is 0.552. The first-order chi connectivity index (χ1) is 8.08. The molecule has 17 heavy (non-hydrogen) atoms. The molecule has 0 aromatic carbocycles. The minimum Gasteiger partial charge on any atom is -0.362 e. The van der Waals surface area contributed by atoms with Gasteiger partial charge in [0.15, 0.2) is 5.11 Å². The average molecular weight is 255 g/mol. The van der Waals surface area contributed by atoms with Crippen molar-refractivity contribution in [2.24, 2.45) is 5.92 Å². The number of thiocarbonyl (C=S) groups is 1. The molecule has 2 aliphatic heterocycles. The Hall–Kier alpha value is -0.350. The molecule has 1 N–H and O–H groups in total. The van der Waals surface area contributed by atoms with Crippen LogP contribution < -0.4 is 5.32 Å². The predicted octanol–water partition coefficient (Wildman–Crippen LogP) is 1.69. The molecule has 2 heterocycles. The highest BCUT2D eigenvalue weighted by molar-refractivity contribution is 7.80. The van der Waals surface area contributed by atoms with Crippen LogP contribution in [-0.4, -0.2) is 53.2 Å². The number of nitrogens with zero attached hydrogens (tertiary/aromatic N) is 2. The Morgan fingerprint density at radius 3 is 2.88 bits per heavy atom. The number of piperazine rings is 1. The standard InChI is InChI=1S/C13H25N3S/c1-10(2)7-14-13(17)16-9-12-5-4-6-15(12)8-11(16)3/h10-12H,4-9H2,1-3H3,(H,14,17). The van der Waals surface area contributed by atoms with Gasteiger partial charge in [0.25, 0.3) is 0 Å². The van der Waals surface area contributed by atoms with E-state index in [0.717, 1.165) is 24.2 Å². The van der Waals surface area contributed by atoms with Gasteiger partial charge < -0.3 is 10.2 Å². The normalized spacial score (nSPS) is 29.5. The van der Waals surface area contributed by atoms with Crippen molar-refractivity contribution in [1.82, 2.24) is 15.1 Å². The highest BCUT2D eigenvalue weighted by Crippen LogP contribution is 2.24. The van der Waals surface area contributed by atoms with Gasteiger partial charge in [0.2, 0.25) is 0 Å². The van der Waals surface area contributed by atoms with E-state index in [1.165, 1.54) is 25.9 Å². The second-order valence-electron chi connectivity index (χ2n) is 5.87. The minimum atomic E-state index is 0.552. The molecule has 3 nitrogen and oxygen atoms in total. The van der Waals surface area contributed by atoms with Crippen molar-refractivity contribution in [3.8, 4) is 0 Å². The molecule has 2 rings (SSSR count). The van der Waals surface area contributed by atoms with E-state index in [4.69, 9.17) is 12.2 Å². The average Bonchev–Trinajstić information content (AvgIpc) is 2.71. The van der Waals surface area contributed by atoms with Crippen LogP contribution in [-0.2, 0) is 0 Å². The Labute approximate surface area is 111 Å². The Morgan fingerprint density at radius 1 is 1.41 bits per heavy atom. The SMILES string of the molecule is CC(C)CNC(=S)N1CC2CCCN2CC1C. The largest absolute Gasteiger partial charge is 0.362 e. The molecule has 0 bridgehead atoms. The van der Waals surface area contributed by atoms with E-state index in [9.17, 15) is 0 Å². The van der Waals surface area contributed by atoms with Gasteiger partial charge in [-0.3, -0.25) is 4.90 Å². The van der Waals surface area contributed by atoms with E-state index in [-0.39, 0.29) is 0 Å². The van der Waals surface area contributed by atoms with E-state index in [0.29, 0.717) is 12.0 Å². The summed E-state index contributed by atoms with van der Waals surface area (Å²) in [7, 11) is 0. The van der Waals surface area contributed by atoms with Crippen molar-refractivity contribution in [2.45, 2.75) is 45.7 Å². The van der Waals surface area contributed by atoms with Gasteiger partial charge in [-0.2, -0.15) is 0 Å². The monoisotopic (exact) mass is 255 g/mol. The van der Waals surface area contributed by atoms with Crippen LogP contribution >= 0.6 is 12.2 Å². The van der Waals surface area contributed by atoms with Gasteiger partial charge in [0.05, 0.1) is 0 Å². The van der Waals surface area contributed by atoms with Crippen LogP contribution in [0.3, 0.4) is 0 Å². The van der Waals surface area contributed by atoms with Crippen LogP contribution in [0.5, 0.6) is 0 Å². The highest BCUT2D eigenvalue weighted by atomic mass is 32.1. The second kappa shape index (κ2) is 5.53. The number of fused-ring (bicyclic) bond motifs is 1. The van der Waals surface area contributed by atoms with Gasteiger partial charge in [-0.05, 0) is 44.4 Å². The predicted molar refractivity (Wildman–Crippen MR) is 76.2 cm³/mol. The van der Waals surface area contributed by atoms with Crippen LogP contribution in [0.15, 0.2) is 0 Å². The van der Waals surface area contributed by atoms with Gasteiger partial charge in [0, 0.05) is 31.7 Å². The van der Waals surface area contributed by atoms with E-state index in [1.807, 2.05) is 0 Å². The zero-order valence-corrected chi connectivity index (χ0v) is 12.1. The smallest absolute Gasteiger partial charge is 0.169 e. The molecule has 0 saturated carbocycles. The third-order valence-corrected chi connectivity index (χ3v) is 4.24. The quantitative estimate of drug-likeness (QED) is 0.757. The lowest BCUT2D eigenvalue weighted by molar-refractivity contribution is 0.108. The van der Waals surface area contributed by atoms with Gasteiger partial charge in [-0.1, -0.05) is 13.8 Å². The van der Waals surface area contributed by atoms with Crippen LogP contribution in [0.1, 0.15) is 33.6 Å². The number of nitrogens with one attached hydrogen (secondary N) is 1. The molecule has 0 aliphatic carbocycles. The van der Waals surface area contributed by atoms with Gasteiger partial charge in [-0.25, -0.2) is 0 Å². The van der Waals surface area contributed by atoms with Crippen LogP contribution in [0, 0.1) is 5.92 Å². The Morgan fingerprint density at radius 2 is 2.18 bits per heavy atom. The van der Waals surface area contributed by atoms with Crippen molar-refractivity contribution in [3.63, 3.8) is 0 Å². The molecular formula is C13H25N3S. The van der Waals surface area contributed by atoms with Crippen molar-refractivity contribution < 1.29 is 0 Å². The number of rotatable bonds is 2. The fraction of sp³-hybridized carbons (Fsp3) is 0.923. The fourth-order valence-electron chi connectivity index (χ4n) is 2.86. The summed E-state index contributed by atoms with van der Waals surface area (Å²) in [6, 6.07) is 1.29. The molecule has 98 valence electrons. The molecule has 0 spiro atoms. The molecule has 2 aliphatic rings. The van der Waals surface area contributed by atoms with Crippen molar-refractivity contribution in [1.29, 1.82) is 0 Å². The summed E-state index contributed by atoms with van der Waals surface area (Å²) in [6.07, 6.45) is 2.70. The molecule has 2 unspecified atom stereocenters. The van der Waals surface area contributed by atoms with E-state index in [1.54, 1.807) is 0 Å². The zero-order valence-electron chi connectivity index (χ0n) is 11.3. The van der Waals surface area contributed by atoms with Crippen molar-refractivity contribution >= 4 is 17.3 Å². The van der Waals surface area contributed by atoms with E-state index in [2.05, 4.69) is 35.9 Å². The topological polar surface area (TPSA) is 18.5 Å². The number of hydrogen-bond donors (Lipinski definition) is 1. The van der Waals surface area contributed by atoms with Gasteiger partial charge >= 0.3 is 0 Å². The lowest BCUT2D eigenvalue weighted by Crippen LogP contribution is -2.59. The maximum absolute atomic E-state index is 5.53. The summed E-state index contributed by atoms with van der Waals surface area (Å²) < 4.78 is 0. The summed E-state index contributed by atoms with van der Waals surface area (Å²) in [5, 5.41) is 4.36. The first-order valence-corrected chi connectivity index (χ1v) is 7.27. The molecule has 2 fully saturated rings. The molecular weight excluding hydrogens is 230 g/mol. The molecule has 2 atom stereocenters. The first-order valence-electron chi connectivity index (χ1n) is 6.86. The fourth-order valence-corrected chi connectivity index (χ4v) is 3.20. The molecule has 0 amide bonds. The second-order valence-corrected chi connectivity index (χ2v) is 6.26. The van der Waals surface area contributed by atoms with E-state index < -0.39 is 0 Å². The van der Waals surface area contributed by atoms with Crippen LogP contribution in [0.25, 0.3) is 0 Å². The van der Waals surface area contributed by atoms with Crippen molar-refractivity contribution in [2.75, 3.05) is 26.2 Å². The first kappa shape index (κ1) is 13.1. The molecule has 2 saturated heterocycles. The maximum Gasteiger partial charge on any atom is 0.169 e. The summed E-state index contributed by atoms with van der Waals surface area (Å²) in [5.74, 6) is 0.649. The lowest BCUT2D eigenvalue weighted by atomic mass is 10.1. The van der Waals surface area contributed by atoms with Crippen molar-refractivity contribution in [3.05, 3.63) is 0 Å². The lowest BCUT2D eigenvalue weighted by Gasteiger charge is -2.43. The van der Waals surface area contributed by atoms with Crippen LogP contribution in [0.4, 0.5) is 0 Å². The maximum atomic E-state index is 5.53. The summed E-state index contributed by atoms with van der Waals surface area (Å²) >= 11 is 5.53. The molecule has 0 radical (unpaired) electrons. The van der Waals surface area contributed by atoms with Crippen LogP contribution in [0.2, 0.25) is 0 Å². The summed E-state index contributed by atoms with van der Waals surface area (Å²) in [4.78, 5) is 5.02. The Kier molecular flexibility index (Phi) is 4.26. The molecule has 4 heteroatoms.